The molecule has 1 atom stereocenters. The second kappa shape index (κ2) is 7.26. The second-order valence-electron chi connectivity index (χ2n) is 7.34. The number of hydrogen-bond donors (Lipinski definition) is 1. The molecule has 1 aromatic carbocycles. The summed E-state index contributed by atoms with van der Waals surface area (Å²) in [5, 5.41) is 3.00. The first-order chi connectivity index (χ1) is 12.5. The maximum atomic E-state index is 12.5. The van der Waals surface area contributed by atoms with Crippen LogP contribution in [0.4, 0.5) is 0 Å². The molecule has 4 saturated heterocycles. The number of amides is 1. The number of sulfonamides is 1. The van der Waals surface area contributed by atoms with E-state index in [1.54, 1.807) is 24.3 Å². The Morgan fingerprint density at radius 1 is 1.00 bits per heavy atom. The first-order valence-corrected chi connectivity index (χ1v) is 10.8. The third kappa shape index (κ3) is 3.51. The number of carbonyl (C=O) groups is 1. The van der Waals surface area contributed by atoms with Gasteiger partial charge in [0.2, 0.25) is 10.0 Å². The molecule has 0 aliphatic carbocycles. The van der Waals surface area contributed by atoms with Crippen molar-refractivity contribution in [1.82, 2.24) is 19.4 Å². The van der Waals surface area contributed by atoms with Crippen LogP contribution in [0.1, 0.15) is 23.2 Å². The van der Waals surface area contributed by atoms with Crippen molar-refractivity contribution in [3.8, 4) is 0 Å². The minimum Gasteiger partial charge on any atom is -0.350 e. The number of nitrogens with one attached hydrogen (secondary N) is 1. The second-order valence-corrected chi connectivity index (χ2v) is 9.27. The molecule has 0 saturated carbocycles. The molecule has 0 spiro atoms. The van der Waals surface area contributed by atoms with Crippen molar-refractivity contribution >= 4 is 15.9 Å². The minimum atomic E-state index is -3.43. The van der Waals surface area contributed by atoms with E-state index in [2.05, 4.69) is 15.1 Å². The summed E-state index contributed by atoms with van der Waals surface area (Å²) in [6.07, 6.45) is 1.82. The van der Waals surface area contributed by atoms with Gasteiger partial charge in [0.05, 0.1) is 4.90 Å². The Bertz CT molecular complexity index is 751. The number of piperazine rings is 3. The number of benzene rings is 1. The van der Waals surface area contributed by atoms with Gasteiger partial charge in [-0.25, -0.2) is 8.42 Å². The minimum absolute atomic E-state index is 0.146. The number of fused-ring (bicyclic) bond motifs is 3. The maximum Gasteiger partial charge on any atom is 0.251 e. The van der Waals surface area contributed by atoms with Gasteiger partial charge < -0.3 is 5.32 Å². The van der Waals surface area contributed by atoms with Gasteiger partial charge in [-0.2, -0.15) is 4.31 Å². The first-order valence-electron chi connectivity index (χ1n) is 9.39. The number of nitrogens with zero attached hydrogens (tertiary/aromatic N) is 3. The summed E-state index contributed by atoms with van der Waals surface area (Å²) in [5.74, 6) is -0.146. The zero-order valence-electron chi connectivity index (χ0n) is 14.9. The largest absolute Gasteiger partial charge is 0.350 e. The SMILES string of the molecule is O=C(NCC1CN2CCN1CC2)c1ccc(S(=O)(=O)N2CCCC2)cc1. The van der Waals surface area contributed by atoms with Gasteiger partial charge in [0.25, 0.3) is 5.91 Å². The zero-order valence-corrected chi connectivity index (χ0v) is 15.7. The zero-order chi connectivity index (χ0) is 18.1. The van der Waals surface area contributed by atoms with Crippen molar-refractivity contribution in [2.45, 2.75) is 23.8 Å². The smallest absolute Gasteiger partial charge is 0.251 e. The standard InChI is InChI=1S/C18H26N4O3S/c23-18(19-13-16-14-20-9-11-21(16)12-10-20)15-3-5-17(6-4-15)26(24,25)22-7-1-2-8-22/h3-6,16H,1-2,7-14H2,(H,19,23). The van der Waals surface area contributed by atoms with E-state index in [-0.39, 0.29) is 10.8 Å². The third-order valence-electron chi connectivity index (χ3n) is 5.71. The molecule has 4 aliphatic heterocycles. The van der Waals surface area contributed by atoms with E-state index < -0.39 is 10.0 Å². The fraction of sp³-hybridized carbons (Fsp3) is 0.611. The van der Waals surface area contributed by atoms with Crippen LogP contribution in [0.2, 0.25) is 0 Å². The van der Waals surface area contributed by atoms with Crippen molar-refractivity contribution in [3.05, 3.63) is 29.8 Å². The molecule has 4 fully saturated rings. The van der Waals surface area contributed by atoms with Gasteiger partial charge in [-0.15, -0.1) is 0 Å². The molecular formula is C18H26N4O3S. The van der Waals surface area contributed by atoms with Gasteiger partial charge in [-0.1, -0.05) is 0 Å². The molecular weight excluding hydrogens is 352 g/mol. The van der Waals surface area contributed by atoms with Gasteiger partial charge in [0.15, 0.2) is 0 Å². The van der Waals surface area contributed by atoms with Crippen LogP contribution in [0.25, 0.3) is 0 Å². The molecule has 2 bridgehead atoms. The molecule has 1 amide bonds. The summed E-state index contributed by atoms with van der Waals surface area (Å²) in [7, 11) is -3.43. The van der Waals surface area contributed by atoms with E-state index >= 15 is 0 Å². The predicted molar refractivity (Wildman–Crippen MR) is 98.6 cm³/mol. The lowest BCUT2D eigenvalue weighted by Gasteiger charge is -2.47. The lowest BCUT2D eigenvalue weighted by atomic mass is 10.1. The third-order valence-corrected chi connectivity index (χ3v) is 7.62. The highest BCUT2D eigenvalue weighted by molar-refractivity contribution is 7.89. The lowest BCUT2D eigenvalue weighted by Crippen LogP contribution is -2.63. The quantitative estimate of drug-likeness (QED) is 0.793. The van der Waals surface area contributed by atoms with Crippen molar-refractivity contribution in [2.75, 3.05) is 52.4 Å². The molecule has 1 N–H and O–H groups in total. The topological polar surface area (TPSA) is 73.0 Å². The summed E-state index contributed by atoms with van der Waals surface area (Å²) >= 11 is 0. The number of hydrogen-bond acceptors (Lipinski definition) is 5. The van der Waals surface area contributed by atoms with Gasteiger partial charge in [0.1, 0.15) is 0 Å². The predicted octanol–water partition coefficient (Wildman–Crippen LogP) is 0.201. The normalized spacial score (nSPS) is 29.0. The molecule has 4 aliphatic rings. The highest BCUT2D eigenvalue weighted by Crippen LogP contribution is 2.21. The van der Waals surface area contributed by atoms with Crippen LogP contribution >= 0.6 is 0 Å². The van der Waals surface area contributed by atoms with Crippen LogP contribution in [-0.2, 0) is 10.0 Å². The van der Waals surface area contributed by atoms with Gasteiger partial charge in [0, 0.05) is 64.0 Å². The molecule has 7 nitrogen and oxygen atoms in total. The van der Waals surface area contributed by atoms with Crippen LogP contribution in [0, 0.1) is 0 Å². The Hall–Kier alpha value is -1.48. The molecule has 142 valence electrons. The average Bonchev–Trinajstić information content (AvgIpc) is 3.23. The monoisotopic (exact) mass is 378 g/mol. The number of rotatable bonds is 5. The molecule has 8 heteroatoms. The van der Waals surface area contributed by atoms with Crippen LogP contribution in [0.3, 0.4) is 0 Å². The molecule has 1 unspecified atom stereocenters. The summed E-state index contributed by atoms with van der Waals surface area (Å²) < 4.78 is 26.6. The van der Waals surface area contributed by atoms with E-state index in [1.165, 1.54) is 4.31 Å². The van der Waals surface area contributed by atoms with Crippen molar-refractivity contribution in [3.63, 3.8) is 0 Å². The fourth-order valence-corrected chi connectivity index (χ4v) is 5.60. The van der Waals surface area contributed by atoms with E-state index in [0.717, 1.165) is 45.6 Å². The van der Waals surface area contributed by atoms with E-state index in [0.29, 0.717) is 31.2 Å². The van der Waals surface area contributed by atoms with Crippen molar-refractivity contribution in [2.24, 2.45) is 0 Å². The Morgan fingerprint density at radius 3 is 2.23 bits per heavy atom. The van der Waals surface area contributed by atoms with Crippen LogP contribution in [0.15, 0.2) is 29.2 Å². The van der Waals surface area contributed by atoms with Gasteiger partial charge >= 0.3 is 0 Å². The summed E-state index contributed by atoms with van der Waals surface area (Å²) in [6, 6.07) is 6.67. The Labute approximate surface area is 155 Å². The highest BCUT2D eigenvalue weighted by atomic mass is 32.2. The van der Waals surface area contributed by atoms with Gasteiger partial charge in [-0.05, 0) is 37.1 Å². The van der Waals surface area contributed by atoms with Crippen LogP contribution < -0.4 is 5.32 Å². The fourth-order valence-electron chi connectivity index (χ4n) is 4.09. The Kier molecular flexibility index (Phi) is 5.00. The molecule has 0 radical (unpaired) electrons. The summed E-state index contributed by atoms with van der Waals surface area (Å²) in [4.78, 5) is 17.5. The molecule has 5 rings (SSSR count). The lowest BCUT2D eigenvalue weighted by molar-refractivity contribution is 0.0138. The van der Waals surface area contributed by atoms with Crippen LogP contribution in [0.5, 0.6) is 0 Å². The molecule has 26 heavy (non-hydrogen) atoms. The summed E-state index contributed by atoms with van der Waals surface area (Å²) in [6.45, 7) is 7.19. The van der Waals surface area contributed by atoms with E-state index in [4.69, 9.17) is 0 Å². The molecule has 0 aromatic heterocycles. The molecule has 4 heterocycles. The molecule has 1 aromatic rings. The average molecular weight is 378 g/mol. The Morgan fingerprint density at radius 2 is 1.65 bits per heavy atom. The van der Waals surface area contributed by atoms with E-state index in [9.17, 15) is 13.2 Å². The Balaban J connectivity index is 1.36. The van der Waals surface area contributed by atoms with Gasteiger partial charge in [-0.3, -0.25) is 14.6 Å². The first kappa shape index (κ1) is 17.9. The maximum absolute atomic E-state index is 12.5. The number of carbonyl (C=O) groups excluding carboxylic acids is 1. The van der Waals surface area contributed by atoms with Crippen LogP contribution in [-0.4, -0.2) is 86.8 Å². The van der Waals surface area contributed by atoms with Crippen molar-refractivity contribution < 1.29 is 13.2 Å². The summed E-state index contributed by atoms with van der Waals surface area (Å²) in [5.41, 5.74) is 0.502. The van der Waals surface area contributed by atoms with E-state index in [1.807, 2.05) is 0 Å². The van der Waals surface area contributed by atoms with Crippen molar-refractivity contribution in [1.29, 1.82) is 0 Å². The highest BCUT2D eigenvalue weighted by Gasteiger charge is 2.32.